The molecule has 3 heterocycles. The molecule has 2 aliphatic rings. The Balaban J connectivity index is 1.36. The minimum atomic E-state index is -4.50. The van der Waals surface area contributed by atoms with Crippen molar-refractivity contribution in [2.24, 2.45) is 0 Å². The van der Waals surface area contributed by atoms with Crippen LogP contribution >= 0.6 is 11.6 Å². The number of fused-ring (bicyclic) bond motifs is 2. The zero-order valence-corrected chi connectivity index (χ0v) is 21.3. The minimum Gasteiger partial charge on any atom is -0.476 e. The average Bonchev–Trinajstić information content (AvgIpc) is 3.10. The predicted molar refractivity (Wildman–Crippen MR) is 129 cm³/mol. The maximum absolute atomic E-state index is 13.6. The lowest BCUT2D eigenvalue weighted by Gasteiger charge is -2.40. The molecule has 0 saturated carbocycles. The summed E-state index contributed by atoms with van der Waals surface area (Å²) in [5.74, 6) is -3.12. The van der Waals surface area contributed by atoms with Gasteiger partial charge in [-0.2, -0.15) is 13.2 Å². The summed E-state index contributed by atoms with van der Waals surface area (Å²) >= 11 is 5.94. The topological polar surface area (TPSA) is 83.6 Å². The van der Waals surface area contributed by atoms with Gasteiger partial charge in [-0.05, 0) is 57.7 Å². The fourth-order valence-electron chi connectivity index (χ4n) is 4.89. The van der Waals surface area contributed by atoms with E-state index >= 15 is 0 Å². The summed E-state index contributed by atoms with van der Waals surface area (Å²) in [6.45, 7) is 1.58. The number of amides is 2. The van der Waals surface area contributed by atoms with Gasteiger partial charge in [-0.15, -0.1) is 0 Å². The average molecular weight is 561 g/mol. The highest BCUT2D eigenvalue weighted by atomic mass is 35.5. The van der Waals surface area contributed by atoms with Gasteiger partial charge in [0, 0.05) is 30.4 Å². The number of pyridine rings is 1. The van der Waals surface area contributed by atoms with Crippen LogP contribution in [0, 0.1) is 11.6 Å². The third kappa shape index (κ3) is 6.28. The fraction of sp³-hybridized carbons (Fsp3) is 0.480. The molecule has 2 saturated heterocycles. The van der Waals surface area contributed by atoms with Gasteiger partial charge in [0.05, 0.1) is 10.6 Å². The fourth-order valence-corrected chi connectivity index (χ4v) is 5.08. The summed E-state index contributed by atoms with van der Waals surface area (Å²) in [4.78, 5) is 31.4. The summed E-state index contributed by atoms with van der Waals surface area (Å²) in [6.07, 6.45) is -0.319. The van der Waals surface area contributed by atoms with Gasteiger partial charge in [-0.25, -0.2) is 13.8 Å². The Labute approximate surface area is 220 Å². The lowest BCUT2D eigenvalue weighted by Crippen LogP contribution is -2.55. The van der Waals surface area contributed by atoms with E-state index in [1.165, 1.54) is 26.1 Å². The number of halogens is 6. The van der Waals surface area contributed by atoms with E-state index < -0.39 is 41.8 Å². The molecule has 2 bridgehead atoms. The first-order valence-electron chi connectivity index (χ1n) is 12.0. The molecule has 38 heavy (non-hydrogen) atoms. The van der Waals surface area contributed by atoms with Crippen molar-refractivity contribution in [1.29, 1.82) is 0 Å². The Kier molecular flexibility index (Phi) is 7.74. The predicted octanol–water partition coefficient (Wildman–Crippen LogP) is 4.78. The van der Waals surface area contributed by atoms with E-state index in [9.17, 15) is 31.5 Å². The van der Waals surface area contributed by atoms with E-state index in [0.29, 0.717) is 18.7 Å². The molecule has 206 valence electrons. The van der Waals surface area contributed by atoms with Gasteiger partial charge >= 0.3 is 6.18 Å². The molecule has 0 spiro atoms. The van der Waals surface area contributed by atoms with Crippen LogP contribution in [0.15, 0.2) is 30.5 Å². The molecule has 2 fully saturated rings. The van der Waals surface area contributed by atoms with Crippen molar-refractivity contribution < 1.29 is 36.3 Å². The SMILES string of the molecule is CC(C)(Oc1cc(F)c(F)cc1Cl)C(=O)N[C@H]1C[C@H]2CC[C@@H](C1)N2c1ccc(C(=O)NCC(F)(F)F)cn1. The van der Waals surface area contributed by atoms with E-state index in [0.717, 1.165) is 25.0 Å². The quantitative estimate of drug-likeness (QED) is 0.376. The van der Waals surface area contributed by atoms with Crippen molar-refractivity contribution in [2.45, 2.75) is 69.4 Å². The van der Waals surface area contributed by atoms with Gasteiger partial charge in [0.25, 0.3) is 11.8 Å². The van der Waals surface area contributed by atoms with Crippen LogP contribution in [0.5, 0.6) is 5.75 Å². The number of nitrogens with one attached hydrogen (secondary N) is 2. The number of carbonyl (C=O) groups is 2. The van der Waals surface area contributed by atoms with Crippen LogP contribution in [-0.4, -0.2) is 53.2 Å². The monoisotopic (exact) mass is 560 g/mol. The van der Waals surface area contributed by atoms with Gasteiger partial charge in [-0.3, -0.25) is 9.59 Å². The molecular formula is C25H26ClF5N4O3. The Hall–Kier alpha value is -3.15. The summed E-state index contributed by atoms with van der Waals surface area (Å²) in [5.41, 5.74) is -1.40. The van der Waals surface area contributed by atoms with E-state index in [4.69, 9.17) is 16.3 Å². The molecule has 2 aromatic rings. The first-order chi connectivity index (χ1) is 17.7. The molecule has 2 amide bonds. The molecule has 1 aromatic heterocycles. The van der Waals surface area contributed by atoms with Crippen LogP contribution in [0.25, 0.3) is 0 Å². The second kappa shape index (κ2) is 10.5. The van der Waals surface area contributed by atoms with Crippen molar-refractivity contribution in [1.82, 2.24) is 15.6 Å². The number of piperidine rings is 1. The number of anilines is 1. The van der Waals surface area contributed by atoms with Crippen molar-refractivity contribution in [3.05, 3.63) is 52.7 Å². The zero-order valence-electron chi connectivity index (χ0n) is 20.5. The van der Waals surface area contributed by atoms with Crippen LogP contribution in [0.1, 0.15) is 49.9 Å². The van der Waals surface area contributed by atoms with Crippen LogP contribution in [0.4, 0.5) is 27.8 Å². The number of hydrogen-bond donors (Lipinski definition) is 2. The number of nitrogens with zero attached hydrogens (tertiary/aromatic N) is 2. The zero-order chi connectivity index (χ0) is 27.8. The second-order valence-corrected chi connectivity index (χ2v) is 10.4. The highest BCUT2D eigenvalue weighted by molar-refractivity contribution is 6.32. The molecule has 2 aliphatic heterocycles. The molecule has 0 unspecified atom stereocenters. The maximum Gasteiger partial charge on any atom is 0.405 e. The number of carbonyl (C=O) groups excluding carboxylic acids is 2. The Bertz CT molecular complexity index is 1190. The van der Waals surface area contributed by atoms with E-state index in [-0.39, 0.29) is 34.5 Å². The lowest BCUT2D eigenvalue weighted by atomic mass is 9.96. The van der Waals surface area contributed by atoms with Crippen molar-refractivity contribution in [3.63, 3.8) is 0 Å². The van der Waals surface area contributed by atoms with Gasteiger partial charge in [0.2, 0.25) is 0 Å². The Morgan fingerprint density at radius 3 is 2.32 bits per heavy atom. The van der Waals surface area contributed by atoms with E-state index in [1.54, 1.807) is 6.07 Å². The number of alkyl halides is 3. The summed E-state index contributed by atoms with van der Waals surface area (Å²) in [5, 5.41) is 4.64. The highest BCUT2D eigenvalue weighted by Crippen LogP contribution is 2.39. The summed E-state index contributed by atoms with van der Waals surface area (Å²) in [7, 11) is 0. The minimum absolute atomic E-state index is 0.0240. The Morgan fingerprint density at radius 1 is 1.11 bits per heavy atom. The normalized spacial score (nSPS) is 21.3. The molecular weight excluding hydrogens is 535 g/mol. The van der Waals surface area contributed by atoms with Crippen LogP contribution in [0.2, 0.25) is 5.02 Å². The number of aromatic nitrogens is 1. The molecule has 13 heteroatoms. The molecule has 4 rings (SSSR count). The molecule has 0 radical (unpaired) electrons. The molecule has 2 N–H and O–H groups in total. The standard InChI is InChI=1S/C25H26ClF5N4O3/c1-24(2,38-20-10-19(28)18(27)9-17(20)26)23(37)34-14-7-15-4-5-16(8-14)35(15)21-6-3-13(11-32-21)22(36)33-12-25(29,30)31/h3,6,9-11,14-16H,4-5,7-8,12H2,1-2H3,(H,33,36)(H,34,37)/t14-,15+,16-. The number of benzene rings is 1. The van der Waals surface area contributed by atoms with Crippen LogP contribution in [0.3, 0.4) is 0 Å². The first-order valence-corrected chi connectivity index (χ1v) is 12.3. The van der Waals surface area contributed by atoms with Crippen LogP contribution < -0.4 is 20.3 Å². The van der Waals surface area contributed by atoms with Gasteiger partial charge < -0.3 is 20.3 Å². The van der Waals surface area contributed by atoms with E-state index in [2.05, 4.69) is 15.2 Å². The second-order valence-electron chi connectivity index (χ2n) is 9.95. The van der Waals surface area contributed by atoms with E-state index in [1.807, 2.05) is 5.32 Å². The first kappa shape index (κ1) is 27.9. The Morgan fingerprint density at radius 2 is 1.74 bits per heavy atom. The van der Waals surface area contributed by atoms with Gasteiger partial charge in [-0.1, -0.05) is 11.6 Å². The van der Waals surface area contributed by atoms with Crippen molar-refractivity contribution in [2.75, 3.05) is 11.4 Å². The summed E-state index contributed by atoms with van der Waals surface area (Å²) in [6, 6.07) is 4.56. The smallest absolute Gasteiger partial charge is 0.405 e. The summed E-state index contributed by atoms with van der Waals surface area (Å²) < 4.78 is 69.7. The largest absolute Gasteiger partial charge is 0.476 e. The number of hydrogen-bond acceptors (Lipinski definition) is 5. The third-order valence-corrected chi connectivity index (χ3v) is 6.97. The molecule has 1 aromatic carbocycles. The van der Waals surface area contributed by atoms with Crippen molar-refractivity contribution >= 4 is 29.2 Å². The maximum atomic E-state index is 13.6. The molecule has 7 nitrogen and oxygen atoms in total. The van der Waals surface area contributed by atoms with Gasteiger partial charge in [0.1, 0.15) is 18.1 Å². The number of ether oxygens (including phenoxy) is 1. The number of rotatable bonds is 7. The molecule has 0 aliphatic carbocycles. The van der Waals surface area contributed by atoms with Crippen LogP contribution in [-0.2, 0) is 4.79 Å². The molecule has 3 atom stereocenters. The van der Waals surface area contributed by atoms with Gasteiger partial charge in [0.15, 0.2) is 17.2 Å². The van der Waals surface area contributed by atoms with Crippen molar-refractivity contribution in [3.8, 4) is 5.75 Å². The lowest BCUT2D eigenvalue weighted by molar-refractivity contribution is -0.135. The third-order valence-electron chi connectivity index (χ3n) is 6.68. The highest BCUT2D eigenvalue weighted by Gasteiger charge is 2.43.